The molecule has 22 heavy (non-hydrogen) atoms. The van der Waals surface area contributed by atoms with Crippen LogP contribution in [0.4, 0.5) is 13.2 Å². The molecule has 0 unspecified atom stereocenters. The highest BCUT2D eigenvalue weighted by Crippen LogP contribution is 2.29. The first-order chi connectivity index (χ1) is 10.5. The number of hydrogen-bond donors (Lipinski definition) is 0. The van der Waals surface area contributed by atoms with E-state index < -0.39 is 11.7 Å². The zero-order valence-electron chi connectivity index (χ0n) is 12.3. The Morgan fingerprint density at radius 3 is 2.23 bits per heavy atom. The van der Waals surface area contributed by atoms with E-state index in [-0.39, 0.29) is 0 Å². The average molecular weight is 308 g/mol. The van der Waals surface area contributed by atoms with Crippen molar-refractivity contribution in [3.05, 3.63) is 53.9 Å². The Hall–Kier alpha value is -1.75. The SMILES string of the molecule is FC(F)(F)c1ccc(-n2ccc(CN3CCCCC3)c2)cc1. The second-order valence-corrected chi connectivity index (χ2v) is 5.81. The fourth-order valence-corrected chi connectivity index (χ4v) is 2.89. The number of benzene rings is 1. The summed E-state index contributed by atoms with van der Waals surface area (Å²) in [6, 6.07) is 7.30. The van der Waals surface area contributed by atoms with Crippen LogP contribution < -0.4 is 0 Å². The Labute approximate surface area is 128 Å². The van der Waals surface area contributed by atoms with Gasteiger partial charge in [-0.05, 0) is 61.8 Å². The largest absolute Gasteiger partial charge is 0.416 e. The molecule has 3 rings (SSSR count). The van der Waals surface area contributed by atoms with Crippen molar-refractivity contribution >= 4 is 0 Å². The van der Waals surface area contributed by atoms with Gasteiger partial charge in [-0.2, -0.15) is 13.2 Å². The molecule has 1 aromatic carbocycles. The summed E-state index contributed by atoms with van der Waals surface area (Å²) >= 11 is 0. The van der Waals surface area contributed by atoms with E-state index in [1.807, 2.05) is 23.0 Å². The summed E-state index contributed by atoms with van der Waals surface area (Å²) in [6.45, 7) is 3.17. The highest BCUT2D eigenvalue weighted by Gasteiger charge is 2.29. The van der Waals surface area contributed by atoms with Crippen molar-refractivity contribution in [2.75, 3.05) is 13.1 Å². The molecular formula is C17H19F3N2. The Bertz CT molecular complexity index is 608. The van der Waals surface area contributed by atoms with Crippen molar-refractivity contribution in [3.63, 3.8) is 0 Å². The molecule has 0 bridgehead atoms. The summed E-state index contributed by atoms with van der Waals surface area (Å²) in [5.74, 6) is 0. The van der Waals surface area contributed by atoms with Crippen molar-refractivity contribution in [3.8, 4) is 5.69 Å². The number of rotatable bonds is 3. The van der Waals surface area contributed by atoms with Gasteiger partial charge in [0.15, 0.2) is 0 Å². The number of hydrogen-bond acceptors (Lipinski definition) is 1. The van der Waals surface area contributed by atoms with Crippen LogP contribution in [0.15, 0.2) is 42.7 Å². The molecule has 118 valence electrons. The predicted octanol–water partition coefficient (Wildman–Crippen LogP) is 4.48. The van der Waals surface area contributed by atoms with Gasteiger partial charge >= 0.3 is 6.18 Å². The van der Waals surface area contributed by atoms with Crippen LogP contribution in [0.1, 0.15) is 30.4 Å². The third kappa shape index (κ3) is 3.53. The summed E-state index contributed by atoms with van der Waals surface area (Å²) in [4.78, 5) is 2.43. The van der Waals surface area contributed by atoms with Gasteiger partial charge in [0.2, 0.25) is 0 Å². The topological polar surface area (TPSA) is 8.17 Å². The molecule has 0 N–H and O–H groups in total. The Balaban J connectivity index is 1.70. The molecule has 1 aliphatic heterocycles. The first-order valence-corrected chi connectivity index (χ1v) is 7.59. The average Bonchev–Trinajstić information content (AvgIpc) is 2.96. The second-order valence-electron chi connectivity index (χ2n) is 5.81. The molecule has 1 saturated heterocycles. The minimum atomic E-state index is -4.28. The van der Waals surface area contributed by atoms with Crippen LogP contribution in [0.25, 0.3) is 5.69 Å². The van der Waals surface area contributed by atoms with Crippen LogP contribution in [-0.4, -0.2) is 22.6 Å². The van der Waals surface area contributed by atoms with E-state index in [0.29, 0.717) is 0 Å². The molecule has 1 fully saturated rings. The molecule has 1 aliphatic rings. The molecule has 1 aromatic heterocycles. The van der Waals surface area contributed by atoms with Crippen molar-refractivity contribution < 1.29 is 13.2 Å². The lowest BCUT2D eigenvalue weighted by atomic mass is 10.1. The molecule has 0 amide bonds. The summed E-state index contributed by atoms with van der Waals surface area (Å²) in [5, 5.41) is 0. The lowest BCUT2D eigenvalue weighted by molar-refractivity contribution is -0.137. The molecule has 5 heteroatoms. The molecule has 0 atom stereocenters. The van der Waals surface area contributed by atoms with Crippen molar-refractivity contribution in [2.24, 2.45) is 0 Å². The monoisotopic (exact) mass is 308 g/mol. The van der Waals surface area contributed by atoms with E-state index >= 15 is 0 Å². The maximum absolute atomic E-state index is 12.6. The quantitative estimate of drug-likeness (QED) is 0.811. The van der Waals surface area contributed by atoms with Crippen molar-refractivity contribution in [2.45, 2.75) is 32.0 Å². The van der Waals surface area contributed by atoms with Gasteiger partial charge in [0.05, 0.1) is 5.56 Å². The number of likely N-dealkylation sites (tertiary alicyclic amines) is 1. The zero-order valence-corrected chi connectivity index (χ0v) is 12.3. The van der Waals surface area contributed by atoms with E-state index in [2.05, 4.69) is 4.90 Å². The standard InChI is InChI=1S/C17H19F3N2/c18-17(19,20)15-4-6-16(7-5-15)22-11-8-14(13-22)12-21-9-2-1-3-10-21/h4-8,11,13H,1-3,9-10,12H2. The van der Waals surface area contributed by atoms with Crippen LogP contribution in [0.2, 0.25) is 0 Å². The smallest absolute Gasteiger partial charge is 0.324 e. The number of halogens is 3. The Morgan fingerprint density at radius 2 is 1.59 bits per heavy atom. The van der Waals surface area contributed by atoms with E-state index in [1.165, 1.54) is 37.0 Å². The number of aromatic nitrogens is 1. The molecule has 0 radical (unpaired) electrons. The van der Waals surface area contributed by atoms with Gasteiger partial charge in [0.25, 0.3) is 0 Å². The Kier molecular flexibility index (Phi) is 4.25. The number of nitrogens with zero attached hydrogens (tertiary/aromatic N) is 2. The summed E-state index contributed by atoms with van der Waals surface area (Å²) in [7, 11) is 0. The van der Waals surface area contributed by atoms with Crippen LogP contribution in [0.5, 0.6) is 0 Å². The highest BCUT2D eigenvalue weighted by atomic mass is 19.4. The van der Waals surface area contributed by atoms with Gasteiger partial charge in [-0.3, -0.25) is 4.90 Å². The van der Waals surface area contributed by atoms with Crippen LogP contribution in [0, 0.1) is 0 Å². The van der Waals surface area contributed by atoms with Gasteiger partial charge in [-0.25, -0.2) is 0 Å². The normalized spacial score (nSPS) is 16.9. The number of piperidine rings is 1. The summed E-state index contributed by atoms with van der Waals surface area (Å²) in [5.41, 5.74) is 1.33. The molecule has 2 aromatic rings. The molecule has 0 spiro atoms. The molecule has 2 heterocycles. The lowest BCUT2D eigenvalue weighted by Gasteiger charge is -2.25. The van der Waals surface area contributed by atoms with Crippen LogP contribution in [0.3, 0.4) is 0 Å². The van der Waals surface area contributed by atoms with E-state index in [1.54, 1.807) is 0 Å². The van der Waals surface area contributed by atoms with Gasteiger partial charge in [0.1, 0.15) is 0 Å². The lowest BCUT2D eigenvalue weighted by Crippen LogP contribution is -2.28. The van der Waals surface area contributed by atoms with Gasteiger partial charge < -0.3 is 4.57 Å². The van der Waals surface area contributed by atoms with Gasteiger partial charge in [-0.15, -0.1) is 0 Å². The van der Waals surface area contributed by atoms with Gasteiger partial charge in [0, 0.05) is 24.6 Å². The first kappa shape index (κ1) is 15.2. The fraction of sp³-hybridized carbons (Fsp3) is 0.412. The molecule has 2 nitrogen and oxygen atoms in total. The van der Waals surface area contributed by atoms with Crippen molar-refractivity contribution in [1.82, 2.24) is 9.47 Å². The Morgan fingerprint density at radius 1 is 0.909 bits per heavy atom. The summed E-state index contributed by atoms with van der Waals surface area (Å²) < 4.78 is 39.6. The maximum Gasteiger partial charge on any atom is 0.416 e. The molecule has 0 aliphatic carbocycles. The minimum Gasteiger partial charge on any atom is -0.324 e. The zero-order chi connectivity index (χ0) is 15.6. The van der Waals surface area contributed by atoms with Crippen LogP contribution >= 0.6 is 0 Å². The van der Waals surface area contributed by atoms with E-state index in [9.17, 15) is 13.2 Å². The highest BCUT2D eigenvalue weighted by molar-refractivity contribution is 5.37. The molecular weight excluding hydrogens is 289 g/mol. The molecule has 0 saturated carbocycles. The van der Waals surface area contributed by atoms with Crippen LogP contribution in [-0.2, 0) is 12.7 Å². The third-order valence-electron chi connectivity index (χ3n) is 4.10. The first-order valence-electron chi connectivity index (χ1n) is 7.59. The minimum absolute atomic E-state index is 0.614. The summed E-state index contributed by atoms with van der Waals surface area (Å²) in [6.07, 6.45) is 3.43. The second kappa shape index (κ2) is 6.16. The predicted molar refractivity (Wildman–Crippen MR) is 79.9 cm³/mol. The van der Waals surface area contributed by atoms with Crippen molar-refractivity contribution in [1.29, 1.82) is 0 Å². The number of alkyl halides is 3. The van der Waals surface area contributed by atoms with Gasteiger partial charge in [-0.1, -0.05) is 6.42 Å². The van der Waals surface area contributed by atoms with E-state index in [4.69, 9.17) is 0 Å². The fourth-order valence-electron chi connectivity index (χ4n) is 2.89. The maximum atomic E-state index is 12.6. The third-order valence-corrected chi connectivity index (χ3v) is 4.10. The van der Waals surface area contributed by atoms with E-state index in [0.717, 1.165) is 37.5 Å².